The molecule has 0 bridgehead atoms. The van der Waals surface area contributed by atoms with Gasteiger partial charge >= 0.3 is 5.97 Å². The molecule has 0 aromatic heterocycles. The number of amides is 1. The Morgan fingerprint density at radius 1 is 1.00 bits per heavy atom. The quantitative estimate of drug-likeness (QED) is 0.274. The zero-order chi connectivity index (χ0) is 16.3. The van der Waals surface area contributed by atoms with Crippen molar-refractivity contribution in [2.45, 2.75) is 45.4 Å². The van der Waals surface area contributed by atoms with Crippen molar-refractivity contribution in [2.75, 3.05) is 13.2 Å². The van der Waals surface area contributed by atoms with Gasteiger partial charge in [-0.25, -0.2) is 4.79 Å². The minimum atomic E-state index is -0.412. The second-order valence-corrected chi connectivity index (χ2v) is 4.39. The van der Waals surface area contributed by atoms with Crippen molar-refractivity contribution in [2.24, 2.45) is 0 Å². The molecule has 0 aliphatic carbocycles. The molecule has 1 amide bonds. The van der Waals surface area contributed by atoms with Crippen molar-refractivity contribution in [3.8, 4) is 0 Å². The van der Waals surface area contributed by atoms with Crippen molar-refractivity contribution in [3.05, 3.63) is 38.0 Å². The maximum Gasteiger partial charge on any atom is 0.330 e. The molecule has 0 saturated heterocycles. The highest BCUT2D eigenvalue weighted by atomic mass is 16.5. The van der Waals surface area contributed by atoms with Crippen LogP contribution in [-0.4, -0.2) is 25.0 Å². The van der Waals surface area contributed by atoms with Gasteiger partial charge < -0.3 is 10.1 Å². The number of hydrogen-bond donors (Lipinski definition) is 1. The summed E-state index contributed by atoms with van der Waals surface area (Å²) in [7, 11) is 0. The molecule has 0 fully saturated rings. The molecule has 0 aromatic rings. The van der Waals surface area contributed by atoms with Crippen molar-refractivity contribution < 1.29 is 14.3 Å². The van der Waals surface area contributed by atoms with Gasteiger partial charge in [-0.1, -0.05) is 64.8 Å². The molecule has 0 aliphatic heterocycles. The standard InChI is InChI=1S/C11H21NO.C6H8O2/c1-3-5-6-7-8-9-10-12-11(13)4-2;1-3-5-8-6(7)4-2/h4H,2-3,5-10H2,1H3,(H,12,13);3-4H,1-2,5H2. The summed E-state index contributed by atoms with van der Waals surface area (Å²) in [4.78, 5) is 20.9. The Bertz CT molecular complexity index is 311. The van der Waals surface area contributed by atoms with Crippen LogP contribution in [0.3, 0.4) is 0 Å². The maximum absolute atomic E-state index is 10.7. The number of rotatable bonds is 11. The largest absolute Gasteiger partial charge is 0.458 e. The van der Waals surface area contributed by atoms with Crippen LogP contribution in [-0.2, 0) is 14.3 Å². The SMILES string of the molecule is C=CC(=O)NCCCCCCCC.C=CCOC(=O)C=C. The molecule has 0 aliphatic rings. The molecule has 120 valence electrons. The summed E-state index contributed by atoms with van der Waals surface area (Å²) in [6, 6.07) is 0. The molecule has 0 radical (unpaired) electrons. The van der Waals surface area contributed by atoms with Gasteiger partial charge in [0, 0.05) is 12.6 Å². The van der Waals surface area contributed by atoms with E-state index in [9.17, 15) is 9.59 Å². The summed E-state index contributed by atoms with van der Waals surface area (Å²) in [5, 5.41) is 2.77. The Morgan fingerprint density at radius 2 is 1.62 bits per heavy atom. The first kappa shape index (κ1) is 21.5. The Kier molecular flexibility index (Phi) is 18.6. The van der Waals surface area contributed by atoms with Crippen molar-refractivity contribution in [1.29, 1.82) is 0 Å². The number of hydrogen-bond acceptors (Lipinski definition) is 3. The van der Waals surface area contributed by atoms with Crippen LogP contribution in [0.1, 0.15) is 45.4 Å². The van der Waals surface area contributed by atoms with Gasteiger partial charge in [0.15, 0.2) is 0 Å². The third-order valence-electron chi connectivity index (χ3n) is 2.53. The summed E-state index contributed by atoms with van der Waals surface area (Å²) in [6.07, 6.45) is 11.5. The molecule has 4 heteroatoms. The van der Waals surface area contributed by atoms with E-state index in [1.165, 1.54) is 44.3 Å². The van der Waals surface area contributed by atoms with Gasteiger partial charge in [-0.2, -0.15) is 0 Å². The summed E-state index contributed by atoms with van der Waals surface area (Å²) >= 11 is 0. The number of carbonyl (C=O) groups excluding carboxylic acids is 2. The van der Waals surface area contributed by atoms with Crippen molar-refractivity contribution >= 4 is 11.9 Å². The van der Waals surface area contributed by atoms with E-state index in [1.54, 1.807) is 0 Å². The fourth-order valence-electron chi connectivity index (χ4n) is 1.39. The number of unbranched alkanes of at least 4 members (excludes halogenated alkanes) is 5. The highest BCUT2D eigenvalue weighted by Gasteiger charge is 1.92. The predicted octanol–water partition coefficient (Wildman–Crippen LogP) is 3.55. The van der Waals surface area contributed by atoms with E-state index in [0.717, 1.165) is 19.0 Å². The van der Waals surface area contributed by atoms with Crippen LogP contribution in [0.25, 0.3) is 0 Å². The van der Waals surface area contributed by atoms with E-state index in [-0.39, 0.29) is 12.5 Å². The summed E-state index contributed by atoms with van der Waals surface area (Å²) in [6.45, 7) is 13.2. The van der Waals surface area contributed by atoms with Crippen LogP contribution in [0, 0.1) is 0 Å². The first-order chi connectivity index (χ1) is 10.1. The first-order valence-electron chi connectivity index (χ1n) is 7.42. The Morgan fingerprint density at radius 3 is 2.14 bits per heavy atom. The Hall–Kier alpha value is -1.84. The molecule has 0 heterocycles. The number of nitrogens with one attached hydrogen (secondary N) is 1. The third-order valence-corrected chi connectivity index (χ3v) is 2.53. The van der Waals surface area contributed by atoms with Gasteiger partial charge in [0.2, 0.25) is 5.91 Å². The van der Waals surface area contributed by atoms with Crippen LogP contribution in [0.5, 0.6) is 0 Å². The first-order valence-corrected chi connectivity index (χ1v) is 7.42. The van der Waals surface area contributed by atoms with Gasteiger partial charge in [0.25, 0.3) is 0 Å². The molecule has 0 aromatic carbocycles. The molecule has 21 heavy (non-hydrogen) atoms. The van der Waals surface area contributed by atoms with E-state index >= 15 is 0 Å². The van der Waals surface area contributed by atoms with Crippen LogP contribution in [0.4, 0.5) is 0 Å². The van der Waals surface area contributed by atoms with Gasteiger partial charge in [0.1, 0.15) is 6.61 Å². The zero-order valence-electron chi connectivity index (χ0n) is 13.2. The monoisotopic (exact) mass is 295 g/mol. The van der Waals surface area contributed by atoms with Crippen molar-refractivity contribution in [3.63, 3.8) is 0 Å². The van der Waals surface area contributed by atoms with Gasteiger partial charge in [0.05, 0.1) is 0 Å². The molecule has 0 saturated carbocycles. The molecule has 0 spiro atoms. The fraction of sp³-hybridized carbons (Fsp3) is 0.529. The van der Waals surface area contributed by atoms with E-state index in [1.807, 2.05) is 0 Å². The van der Waals surface area contributed by atoms with E-state index < -0.39 is 5.97 Å². The second-order valence-electron chi connectivity index (χ2n) is 4.39. The van der Waals surface area contributed by atoms with Crippen LogP contribution >= 0.6 is 0 Å². The lowest BCUT2D eigenvalue weighted by molar-refractivity contribution is -0.136. The second kappa shape index (κ2) is 18.2. The Balaban J connectivity index is 0. The Labute approximate surface area is 129 Å². The molecule has 0 unspecified atom stereocenters. The van der Waals surface area contributed by atoms with Crippen molar-refractivity contribution in [1.82, 2.24) is 5.32 Å². The molecule has 1 N–H and O–H groups in total. The van der Waals surface area contributed by atoms with Gasteiger partial charge in [-0.05, 0) is 12.5 Å². The maximum atomic E-state index is 10.7. The lowest BCUT2D eigenvalue weighted by atomic mass is 10.1. The minimum absolute atomic E-state index is 0.0615. The van der Waals surface area contributed by atoms with E-state index in [0.29, 0.717) is 0 Å². The van der Waals surface area contributed by atoms with Crippen LogP contribution in [0.2, 0.25) is 0 Å². The highest BCUT2D eigenvalue weighted by Crippen LogP contribution is 2.03. The molecule has 0 atom stereocenters. The summed E-state index contributed by atoms with van der Waals surface area (Å²) < 4.78 is 4.47. The van der Waals surface area contributed by atoms with Crippen LogP contribution < -0.4 is 5.32 Å². The summed E-state index contributed by atoms with van der Waals surface area (Å²) in [5.41, 5.74) is 0. The molecule has 0 rings (SSSR count). The normalized spacial score (nSPS) is 8.81. The lowest BCUT2D eigenvalue weighted by Crippen LogP contribution is -2.21. The van der Waals surface area contributed by atoms with Gasteiger partial charge in [-0.3, -0.25) is 4.79 Å². The van der Waals surface area contributed by atoms with E-state index in [2.05, 4.69) is 36.7 Å². The lowest BCUT2D eigenvalue weighted by Gasteiger charge is -2.01. The average molecular weight is 295 g/mol. The minimum Gasteiger partial charge on any atom is -0.458 e. The zero-order valence-corrected chi connectivity index (χ0v) is 13.2. The number of carbonyl (C=O) groups is 2. The third kappa shape index (κ3) is 20.6. The van der Waals surface area contributed by atoms with E-state index in [4.69, 9.17) is 0 Å². The fourth-order valence-corrected chi connectivity index (χ4v) is 1.39. The molecule has 4 nitrogen and oxygen atoms in total. The van der Waals surface area contributed by atoms with Gasteiger partial charge in [-0.15, -0.1) is 0 Å². The summed E-state index contributed by atoms with van der Waals surface area (Å²) in [5.74, 6) is -0.474. The number of esters is 1. The highest BCUT2D eigenvalue weighted by molar-refractivity contribution is 5.86. The topological polar surface area (TPSA) is 55.4 Å². The average Bonchev–Trinajstić information content (AvgIpc) is 2.51. The van der Waals surface area contributed by atoms with Crippen LogP contribution in [0.15, 0.2) is 38.0 Å². The predicted molar refractivity (Wildman–Crippen MR) is 87.9 cm³/mol. The smallest absolute Gasteiger partial charge is 0.330 e. The number of ether oxygens (including phenoxy) is 1. The molecular weight excluding hydrogens is 266 g/mol. The molecular formula is C17H29NO3.